The van der Waals surface area contributed by atoms with Crippen molar-refractivity contribution in [3.05, 3.63) is 23.5 Å². The molecule has 0 saturated heterocycles. The fourth-order valence-corrected chi connectivity index (χ4v) is 4.67. The third-order valence-corrected chi connectivity index (χ3v) is 6.87. The minimum absolute atomic E-state index is 0.000819. The van der Waals surface area contributed by atoms with Crippen molar-refractivity contribution in [1.82, 2.24) is 24.9 Å². The molecule has 0 aliphatic heterocycles. The van der Waals surface area contributed by atoms with E-state index in [2.05, 4.69) is 15.3 Å². The third kappa shape index (κ3) is 5.66. The highest BCUT2D eigenvalue weighted by Crippen LogP contribution is 2.33. The molecule has 34 heavy (non-hydrogen) atoms. The van der Waals surface area contributed by atoms with E-state index in [4.69, 9.17) is 14.6 Å². The van der Waals surface area contributed by atoms with Gasteiger partial charge in [0.1, 0.15) is 23.7 Å². The first-order chi connectivity index (χ1) is 16.3. The van der Waals surface area contributed by atoms with Crippen LogP contribution in [0, 0.1) is 18.8 Å². The monoisotopic (exact) mass is 471 g/mol. The molecule has 184 valence electrons. The van der Waals surface area contributed by atoms with Gasteiger partial charge >= 0.3 is 12.1 Å². The molecule has 2 heterocycles. The number of pyridine rings is 1. The SMILES string of the molecule is Cc1nc(-c2nnn(C)c2COC(=O)N(C)CC2CCC2)ccc1OC1CCC(CC(=O)O)C1. The summed E-state index contributed by atoms with van der Waals surface area (Å²) in [6.45, 7) is 2.64. The summed E-state index contributed by atoms with van der Waals surface area (Å²) in [5.74, 6) is 0.655. The number of carbonyl (C=O) groups excluding carboxylic acids is 1. The fraction of sp³-hybridized carbons (Fsp3) is 0.625. The highest BCUT2D eigenvalue weighted by Gasteiger charge is 2.28. The predicted molar refractivity (Wildman–Crippen MR) is 123 cm³/mol. The van der Waals surface area contributed by atoms with Crippen molar-refractivity contribution >= 4 is 12.1 Å². The Bertz CT molecular complexity index is 1030. The molecule has 2 atom stereocenters. The summed E-state index contributed by atoms with van der Waals surface area (Å²) < 4.78 is 13.3. The standard InChI is InChI=1S/C24H33N5O5/c1-15-21(34-18-8-7-17(11-18)12-22(30)31)10-9-19(25-15)23-20(29(3)27-26-23)14-33-24(32)28(2)13-16-5-4-6-16/h9-10,16-18H,4-8,11-14H2,1-3H3,(H,30,31). The quantitative estimate of drug-likeness (QED) is 0.589. The number of ether oxygens (including phenoxy) is 2. The van der Waals surface area contributed by atoms with Crippen LogP contribution >= 0.6 is 0 Å². The van der Waals surface area contributed by atoms with Gasteiger partial charge in [-0.05, 0) is 63.0 Å². The van der Waals surface area contributed by atoms with Gasteiger partial charge in [0.25, 0.3) is 0 Å². The van der Waals surface area contributed by atoms with E-state index in [-0.39, 0.29) is 31.1 Å². The van der Waals surface area contributed by atoms with Gasteiger partial charge in [0.2, 0.25) is 0 Å². The largest absolute Gasteiger partial charge is 0.489 e. The molecule has 0 spiro atoms. The molecule has 2 saturated carbocycles. The average molecular weight is 472 g/mol. The molecule has 0 aromatic carbocycles. The van der Waals surface area contributed by atoms with E-state index < -0.39 is 5.97 Å². The molecule has 2 aliphatic rings. The molecule has 0 radical (unpaired) electrons. The minimum atomic E-state index is -0.761. The molecule has 10 nitrogen and oxygen atoms in total. The van der Waals surface area contributed by atoms with E-state index in [0.29, 0.717) is 34.4 Å². The topological polar surface area (TPSA) is 120 Å². The smallest absolute Gasteiger partial charge is 0.409 e. The van der Waals surface area contributed by atoms with Crippen LogP contribution in [0.15, 0.2) is 12.1 Å². The van der Waals surface area contributed by atoms with Crippen LogP contribution in [0.3, 0.4) is 0 Å². The van der Waals surface area contributed by atoms with Crippen LogP contribution in [0.4, 0.5) is 4.79 Å². The van der Waals surface area contributed by atoms with Crippen LogP contribution < -0.4 is 4.74 Å². The van der Waals surface area contributed by atoms with Gasteiger partial charge in [0, 0.05) is 27.1 Å². The van der Waals surface area contributed by atoms with Gasteiger partial charge in [-0.3, -0.25) is 4.79 Å². The van der Waals surface area contributed by atoms with Gasteiger partial charge in [-0.15, -0.1) is 5.10 Å². The maximum absolute atomic E-state index is 12.4. The summed E-state index contributed by atoms with van der Waals surface area (Å²) in [6.07, 6.45) is 5.84. The highest BCUT2D eigenvalue weighted by atomic mass is 16.6. The van der Waals surface area contributed by atoms with E-state index >= 15 is 0 Å². The maximum atomic E-state index is 12.4. The predicted octanol–water partition coefficient (Wildman–Crippen LogP) is 3.58. The van der Waals surface area contributed by atoms with E-state index in [9.17, 15) is 9.59 Å². The number of rotatable bonds is 9. The fourth-order valence-electron chi connectivity index (χ4n) is 4.67. The molecule has 2 unspecified atom stereocenters. The van der Waals surface area contributed by atoms with Crippen LogP contribution in [0.25, 0.3) is 11.4 Å². The average Bonchev–Trinajstić information content (AvgIpc) is 3.35. The number of carbonyl (C=O) groups is 2. The normalized spacial score (nSPS) is 20.1. The molecule has 1 amide bonds. The molecule has 4 rings (SSSR count). The van der Waals surface area contributed by atoms with Gasteiger partial charge in [0.05, 0.1) is 17.5 Å². The molecule has 0 bridgehead atoms. The van der Waals surface area contributed by atoms with Crippen LogP contribution in [0.5, 0.6) is 5.75 Å². The van der Waals surface area contributed by atoms with Crippen molar-refractivity contribution < 1.29 is 24.2 Å². The lowest BCUT2D eigenvalue weighted by atomic mass is 9.85. The Morgan fingerprint density at radius 3 is 2.68 bits per heavy atom. The number of amides is 1. The van der Waals surface area contributed by atoms with Crippen LogP contribution in [0.1, 0.15) is 56.3 Å². The second-order valence-corrected chi connectivity index (χ2v) is 9.54. The zero-order valence-corrected chi connectivity index (χ0v) is 20.1. The van der Waals surface area contributed by atoms with Crippen LogP contribution in [-0.2, 0) is 23.2 Å². The molecular formula is C24H33N5O5. The maximum Gasteiger partial charge on any atom is 0.409 e. The van der Waals surface area contributed by atoms with Crippen molar-refractivity contribution in [2.24, 2.45) is 18.9 Å². The number of carboxylic acids is 1. The van der Waals surface area contributed by atoms with Gasteiger partial charge < -0.3 is 19.5 Å². The molecular weight excluding hydrogens is 438 g/mol. The Morgan fingerprint density at radius 1 is 1.21 bits per heavy atom. The lowest BCUT2D eigenvalue weighted by molar-refractivity contribution is -0.138. The van der Waals surface area contributed by atoms with Gasteiger partial charge in [-0.2, -0.15) is 0 Å². The first kappa shape index (κ1) is 24.0. The number of aryl methyl sites for hydroxylation is 2. The van der Waals surface area contributed by atoms with Crippen molar-refractivity contribution in [3.8, 4) is 17.1 Å². The summed E-state index contributed by atoms with van der Waals surface area (Å²) >= 11 is 0. The van der Waals surface area contributed by atoms with Gasteiger partial charge in [-0.25, -0.2) is 14.5 Å². The summed E-state index contributed by atoms with van der Waals surface area (Å²) in [5.41, 5.74) is 2.57. The molecule has 2 aliphatic carbocycles. The Morgan fingerprint density at radius 2 is 2.00 bits per heavy atom. The second-order valence-electron chi connectivity index (χ2n) is 9.54. The number of carboxylic acid groups (broad SMARTS) is 1. The summed E-state index contributed by atoms with van der Waals surface area (Å²) in [4.78, 5) is 29.7. The number of nitrogens with zero attached hydrogens (tertiary/aromatic N) is 5. The Labute approximate surface area is 199 Å². The zero-order chi connectivity index (χ0) is 24.2. The lowest BCUT2D eigenvalue weighted by Crippen LogP contribution is -2.34. The first-order valence-corrected chi connectivity index (χ1v) is 11.9. The van der Waals surface area contributed by atoms with E-state index in [1.807, 2.05) is 19.1 Å². The Hall–Kier alpha value is -3.17. The first-order valence-electron chi connectivity index (χ1n) is 11.9. The van der Waals surface area contributed by atoms with E-state index in [0.717, 1.165) is 25.8 Å². The third-order valence-electron chi connectivity index (χ3n) is 6.87. The van der Waals surface area contributed by atoms with Crippen LogP contribution in [0.2, 0.25) is 0 Å². The van der Waals surface area contributed by atoms with Gasteiger partial charge in [-0.1, -0.05) is 11.6 Å². The minimum Gasteiger partial charge on any atom is -0.489 e. The zero-order valence-electron chi connectivity index (χ0n) is 20.1. The molecule has 10 heteroatoms. The molecule has 1 N–H and O–H groups in total. The van der Waals surface area contributed by atoms with Gasteiger partial charge in [0.15, 0.2) is 0 Å². The summed E-state index contributed by atoms with van der Waals surface area (Å²) in [6, 6.07) is 3.68. The van der Waals surface area contributed by atoms with Crippen LogP contribution in [-0.4, -0.2) is 61.7 Å². The van der Waals surface area contributed by atoms with Crippen molar-refractivity contribution in [3.63, 3.8) is 0 Å². The number of aromatic nitrogens is 4. The number of aliphatic carboxylic acids is 1. The van der Waals surface area contributed by atoms with E-state index in [1.54, 1.807) is 23.7 Å². The second kappa shape index (κ2) is 10.4. The van der Waals surface area contributed by atoms with Crippen molar-refractivity contribution in [1.29, 1.82) is 0 Å². The Kier molecular flexibility index (Phi) is 7.33. The summed E-state index contributed by atoms with van der Waals surface area (Å²) in [7, 11) is 3.52. The Balaban J connectivity index is 1.38. The highest BCUT2D eigenvalue weighted by molar-refractivity contribution is 5.68. The lowest BCUT2D eigenvalue weighted by Gasteiger charge is -2.29. The summed E-state index contributed by atoms with van der Waals surface area (Å²) in [5, 5.41) is 17.3. The van der Waals surface area contributed by atoms with Crippen molar-refractivity contribution in [2.75, 3.05) is 13.6 Å². The number of hydrogen-bond donors (Lipinski definition) is 1. The van der Waals surface area contributed by atoms with E-state index in [1.165, 1.54) is 19.3 Å². The van der Waals surface area contributed by atoms with Crippen molar-refractivity contribution in [2.45, 2.75) is 64.6 Å². The molecule has 2 aromatic heterocycles. The molecule has 2 aromatic rings. The molecule has 2 fully saturated rings. The number of hydrogen-bond acceptors (Lipinski definition) is 7.